The Morgan fingerprint density at radius 3 is 2.08 bits per heavy atom. The fourth-order valence-corrected chi connectivity index (χ4v) is 2.89. The summed E-state index contributed by atoms with van der Waals surface area (Å²) in [6.07, 6.45) is -0.692. The Morgan fingerprint density at radius 1 is 1.12 bits per heavy atom. The van der Waals surface area contributed by atoms with Crippen molar-refractivity contribution < 1.29 is 99.8 Å². The van der Waals surface area contributed by atoms with E-state index in [1.807, 2.05) is 0 Å². The van der Waals surface area contributed by atoms with Crippen LogP contribution in [0.4, 0.5) is 5.69 Å². The average Bonchev–Trinajstić information content (AvgIpc) is 2.78. The number of hydrogen-bond donors (Lipinski definition) is 1. The number of aliphatic carboxylic acids is 1. The normalized spacial score (nSPS) is 14.4. The minimum absolute atomic E-state index is 0. The smallest absolute Gasteiger partial charge is 0.744 e. The van der Waals surface area contributed by atoms with E-state index in [-0.39, 0.29) is 64.1 Å². The third-order valence-corrected chi connectivity index (χ3v) is 4.45. The van der Waals surface area contributed by atoms with Gasteiger partial charge in [-0.2, -0.15) is 10.1 Å². The number of carbonyl (C=O) groups is 2. The number of amides is 1. The Morgan fingerprint density at radius 2 is 1.68 bits per heavy atom. The molecule has 0 aliphatic carbocycles. The molecule has 1 N–H and O–H groups in total. The molecule has 0 atom stereocenters. The van der Waals surface area contributed by atoms with Gasteiger partial charge in [-0.15, -0.1) is 0 Å². The van der Waals surface area contributed by atoms with Crippen molar-refractivity contribution in [1.82, 2.24) is 0 Å². The standard InChI is InChI=1S/C10H8N2O9S2.2Na/c13-9-4-6(10(14)15)11-12(9)7-3-5(22(16,17)18)1-2-8(7)23(19,20)21;;/h1-3H,4H2,(H,14,15)(H,16,17,18)(H,19,20,21);;/q;2*+1/p-2. The van der Waals surface area contributed by atoms with Gasteiger partial charge in [0.25, 0.3) is 5.91 Å². The number of anilines is 1. The number of hydrogen-bond acceptors (Lipinski definition) is 9. The molecule has 1 aliphatic rings. The van der Waals surface area contributed by atoms with Gasteiger partial charge in [-0.3, -0.25) is 4.79 Å². The molecule has 124 valence electrons. The number of carbonyl (C=O) groups excluding carboxylic acids is 1. The van der Waals surface area contributed by atoms with E-state index in [4.69, 9.17) is 5.11 Å². The predicted molar refractivity (Wildman–Crippen MR) is 69.5 cm³/mol. The Bertz CT molecular complexity index is 957. The van der Waals surface area contributed by atoms with Gasteiger partial charge in [0.2, 0.25) is 0 Å². The van der Waals surface area contributed by atoms with Crippen molar-refractivity contribution in [3.8, 4) is 0 Å². The largest absolute Gasteiger partial charge is 1.00 e. The number of carboxylic acid groups (broad SMARTS) is 1. The van der Waals surface area contributed by atoms with Crippen LogP contribution in [0.2, 0.25) is 0 Å². The predicted octanol–water partition coefficient (Wildman–Crippen LogP) is -7.32. The maximum Gasteiger partial charge on any atom is 1.00 e. The van der Waals surface area contributed by atoms with Gasteiger partial charge in [0.15, 0.2) is 5.71 Å². The SMILES string of the molecule is O=C(O)C1=NN(c2cc(S(=O)(=O)[O-])ccc2S(=O)(=O)[O-])C(=O)C1.[Na+].[Na+]. The van der Waals surface area contributed by atoms with E-state index in [0.29, 0.717) is 18.2 Å². The van der Waals surface area contributed by atoms with Crippen LogP contribution in [0.1, 0.15) is 6.42 Å². The van der Waals surface area contributed by atoms with Crippen molar-refractivity contribution in [2.45, 2.75) is 16.2 Å². The summed E-state index contributed by atoms with van der Waals surface area (Å²) < 4.78 is 66.6. The number of carboxylic acids is 1. The van der Waals surface area contributed by atoms with Crippen molar-refractivity contribution in [1.29, 1.82) is 0 Å². The van der Waals surface area contributed by atoms with Crippen LogP contribution in [-0.4, -0.2) is 48.6 Å². The van der Waals surface area contributed by atoms with E-state index in [9.17, 15) is 35.5 Å². The minimum atomic E-state index is -5.15. The Kier molecular flexibility index (Phi) is 8.44. The molecular formula is C10H6N2Na2O9S2. The van der Waals surface area contributed by atoms with E-state index >= 15 is 0 Å². The second-order valence-electron chi connectivity index (χ2n) is 4.27. The summed E-state index contributed by atoms with van der Waals surface area (Å²) in [6, 6.07) is 1.59. The summed E-state index contributed by atoms with van der Waals surface area (Å²) in [7, 11) is -10.2. The molecule has 0 radical (unpaired) electrons. The quantitative estimate of drug-likeness (QED) is 0.373. The van der Waals surface area contributed by atoms with Crippen molar-refractivity contribution in [3.63, 3.8) is 0 Å². The van der Waals surface area contributed by atoms with Crippen LogP contribution in [-0.2, 0) is 29.8 Å². The fourth-order valence-electron chi connectivity index (χ4n) is 1.77. The Labute approximate surface area is 186 Å². The molecular weight excluding hydrogens is 402 g/mol. The molecule has 0 spiro atoms. The summed E-state index contributed by atoms with van der Waals surface area (Å²) in [5, 5.41) is 12.4. The van der Waals surface area contributed by atoms with Crippen LogP contribution in [0, 0.1) is 0 Å². The second-order valence-corrected chi connectivity index (χ2v) is 7.00. The monoisotopic (exact) mass is 408 g/mol. The Balaban J connectivity index is 0.00000288. The molecule has 1 aromatic rings. The molecule has 15 heteroatoms. The van der Waals surface area contributed by atoms with E-state index in [1.165, 1.54) is 0 Å². The van der Waals surface area contributed by atoms with Crippen LogP contribution in [0.5, 0.6) is 0 Å². The zero-order valence-electron chi connectivity index (χ0n) is 12.9. The van der Waals surface area contributed by atoms with Gasteiger partial charge in [-0.05, 0) is 18.2 Å². The van der Waals surface area contributed by atoms with Crippen molar-refractivity contribution in [2.24, 2.45) is 5.10 Å². The minimum Gasteiger partial charge on any atom is -0.744 e. The van der Waals surface area contributed by atoms with E-state index in [1.54, 1.807) is 0 Å². The molecule has 2 rings (SSSR count). The number of rotatable bonds is 4. The van der Waals surface area contributed by atoms with Crippen LogP contribution < -0.4 is 64.1 Å². The maximum atomic E-state index is 11.8. The van der Waals surface area contributed by atoms with Crippen LogP contribution in [0.25, 0.3) is 0 Å². The van der Waals surface area contributed by atoms with Gasteiger partial charge < -0.3 is 14.2 Å². The first-order chi connectivity index (χ1) is 10.4. The summed E-state index contributed by atoms with van der Waals surface area (Å²) in [5.74, 6) is -2.56. The first kappa shape index (κ1) is 24.7. The summed E-state index contributed by atoms with van der Waals surface area (Å²) >= 11 is 0. The molecule has 1 amide bonds. The molecule has 11 nitrogen and oxygen atoms in total. The fraction of sp³-hybridized carbons (Fsp3) is 0.100. The number of nitrogens with zero attached hydrogens (tertiary/aromatic N) is 2. The summed E-state index contributed by atoms with van der Waals surface area (Å²) in [5.41, 5.74) is -1.45. The molecule has 0 bridgehead atoms. The molecule has 25 heavy (non-hydrogen) atoms. The molecule has 0 fully saturated rings. The van der Waals surface area contributed by atoms with Gasteiger partial charge in [-0.25, -0.2) is 21.6 Å². The summed E-state index contributed by atoms with van der Waals surface area (Å²) in [4.78, 5) is 20.6. The van der Waals surface area contributed by atoms with Gasteiger partial charge in [0, 0.05) is 0 Å². The maximum absolute atomic E-state index is 11.8. The van der Waals surface area contributed by atoms with Gasteiger partial charge in [-0.1, -0.05) is 0 Å². The molecule has 1 heterocycles. The molecule has 0 saturated carbocycles. The van der Waals surface area contributed by atoms with Gasteiger partial charge in [0.1, 0.15) is 20.2 Å². The zero-order valence-corrected chi connectivity index (χ0v) is 18.5. The van der Waals surface area contributed by atoms with Crippen LogP contribution in [0.15, 0.2) is 33.1 Å². The van der Waals surface area contributed by atoms with Crippen LogP contribution in [0.3, 0.4) is 0 Å². The average molecular weight is 408 g/mol. The zero-order chi connectivity index (χ0) is 17.6. The van der Waals surface area contributed by atoms with E-state index in [0.717, 1.165) is 0 Å². The van der Waals surface area contributed by atoms with Crippen LogP contribution >= 0.6 is 0 Å². The Hall–Kier alpha value is -0.350. The molecule has 0 saturated heterocycles. The molecule has 1 aliphatic heterocycles. The van der Waals surface area contributed by atoms with E-state index < -0.39 is 59.7 Å². The number of hydrazone groups is 1. The first-order valence-electron chi connectivity index (χ1n) is 5.61. The third kappa shape index (κ3) is 5.56. The van der Waals surface area contributed by atoms with Crippen molar-refractivity contribution >= 4 is 43.5 Å². The molecule has 0 aromatic heterocycles. The molecule has 0 unspecified atom stereocenters. The van der Waals surface area contributed by atoms with Gasteiger partial charge in [0.05, 0.1) is 21.9 Å². The van der Waals surface area contributed by atoms with Crippen molar-refractivity contribution in [3.05, 3.63) is 18.2 Å². The van der Waals surface area contributed by atoms with Gasteiger partial charge >= 0.3 is 65.1 Å². The van der Waals surface area contributed by atoms with E-state index in [2.05, 4.69) is 5.10 Å². The summed E-state index contributed by atoms with van der Waals surface area (Å²) in [6.45, 7) is 0. The topological polar surface area (TPSA) is 184 Å². The van der Waals surface area contributed by atoms with Crippen molar-refractivity contribution in [2.75, 3.05) is 5.01 Å². The first-order valence-corrected chi connectivity index (χ1v) is 8.42. The number of benzene rings is 1. The second kappa shape index (κ2) is 8.56. The third-order valence-electron chi connectivity index (χ3n) is 2.74. The molecule has 1 aromatic carbocycles.